The van der Waals surface area contributed by atoms with Crippen molar-refractivity contribution < 1.29 is 19.0 Å². The van der Waals surface area contributed by atoms with Crippen LogP contribution in [0.5, 0.6) is 0 Å². The van der Waals surface area contributed by atoms with Gasteiger partial charge in [-0.25, -0.2) is 20.2 Å². The first-order valence-corrected chi connectivity index (χ1v) is 10.3. The van der Waals surface area contributed by atoms with Gasteiger partial charge in [0.2, 0.25) is 0 Å². The van der Waals surface area contributed by atoms with E-state index >= 15 is 0 Å². The third-order valence-electron chi connectivity index (χ3n) is 5.05. The maximum Gasteiger partial charge on any atom is 0.426 e. The number of amides is 1. The van der Waals surface area contributed by atoms with Crippen LogP contribution in [0.4, 0.5) is 16.3 Å². The number of carbonyl (C=O) groups excluding carboxylic acids is 1. The van der Waals surface area contributed by atoms with Crippen molar-refractivity contribution in [1.29, 1.82) is 0 Å². The summed E-state index contributed by atoms with van der Waals surface area (Å²) < 4.78 is 17.6. The second kappa shape index (κ2) is 10.0. The van der Waals surface area contributed by atoms with Gasteiger partial charge in [0.05, 0.1) is 32.3 Å². The molecule has 0 unspecified atom stereocenters. The molecule has 3 aromatic rings. The first kappa shape index (κ1) is 21.4. The van der Waals surface area contributed by atoms with E-state index in [0.29, 0.717) is 30.5 Å². The molecule has 4 rings (SSSR count). The molecule has 1 aromatic carbocycles. The van der Waals surface area contributed by atoms with E-state index < -0.39 is 6.09 Å². The lowest BCUT2D eigenvalue weighted by atomic mass is 10.2. The predicted octanol–water partition coefficient (Wildman–Crippen LogP) is 2.68. The van der Waals surface area contributed by atoms with Gasteiger partial charge in [-0.2, -0.15) is 0 Å². The number of ether oxygens (including phenoxy) is 3. The summed E-state index contributed by atoms with van der Waals surface area (Å²) in [6, 6.07) is 11.3. The molecule has 32 heavy (non-hydrogen) atoms. The van der Waals surface area contributed by atoms with Gasteiger partial charge >= 0.3 is 6.09 Å². The van der Waals surface area contributed by atoms with Crippen molar-refractivity contribution in [2.45, 2.75) is 6.61 Å². The van der Waals surface area contributed by atoms with Gasteiger partial charge in [-0.3, -0.25) is 5.43 Å². The summed E-state index contributed by atoms with van der Waals surface area (Å²) in [7, 11) is 3.47. The Morgan fingerprint density at radius 3 is 2.75 bits per heavy atom. The Hall–Kier alpha value is -3.79. The number of methoxy groups -OCH3 is 1. The summed E-state index contributed by atoms with van der Waals surface area (Å²) in [5.74, 6) is 1.18. The van der Waals surface area contributed by atoms with Crippen LogP contribution in [0.2, 0.25) is 0 Å². The highest BCUT2D eigenvalue weighted by Gasteiger charge is 2.20. The molecule has 3 heterocycles. The number of hydrazine groups is 1. The molecule has 0 spiro atoms. The molecule has 168 valence electrons. The lowest BCUT2D eigenvalue weighted by Gasteiger charge is -2.29. The van der Waals surface area contributed by atoms with Gasteiger partial charge in [-0.1, -0.05) is 30.3 Å². The van der Waals surface area contributed by atoms with E-state index in [1.807, 2.05) is 48.0 Å². The number of benzene rings is 1. The molecule has 1 saturated heterocycles. The van der Waals surface area contributed by atoms with Crippen LogP contribution in [-0.2, 0) is 27.9 Å². The van der Waals surface area contributed by atoms with Gasteiger partial charge in [0.1, 0.15) is 23.8 Å². The van der Waals surface area contributed by atoms with E-state index in [9.17, 15) is 4.79 Å². The van der Waals surface area contributed by atoms with Crippen LogP contribution in [0.25, 0.3) is 17.2 Å². The van der Waals surface area contributed by atoms with Gasteiger partial charge in [-0.15, -0.1) is 0 Å². The van der Waals surface area contributed by atoms with E-state index in [2.05, 4.69) is 20.7 Å². The molecule has 2 N–H and O–H groups in total. The summed E-state index contributed by atoms with van der Waals surface area (Å²) in [6.07, 6.45) is 2.74. The molecule has 0 radical (unpaired) electrons. The fraction of sp³-hybridized carbons (Fsp3) is 0.318. The number of hydrogen-bond acceptors (Lipinski definition) is 8. The lowest BCUT2D eigenvalue weighted by molar-refractivity contribution is 0.123. The number of hydrogen-bond donors (Lipinski definition) is 2. The highest BCUT2D eigenvalue weighted by atomic mass is 16.6. The third-order valence-corrected chi connectivity index (χ3v) is 5.05. The number of carbonyl (C=O) groups is 1. The largest absolute Gasteiger partial charge is 0.504 e. The van der Waals surface area contributed by atoms with E-state index in [4.69, 9.17) is 19.2 Å². The number of anilines is 2. The Labute approximate surface area is 185 Å². The highest BCUT2D eigenvalue weighted by molar-refractivity contribution is 5.90. The SMILES string of the molecule is CO/C=C/c1nc2c(N3CCOCC3)cc(NNC(=O)OCc3ccccc3)nc2n1C. The first-order valence-electron chi connectivity index (χ1n) is 10.3. The molecule has 2 aromatic heterocycles. The lowest BCUT2D eigenvalue weighted by Crippen LogP contribution is -2.36. The monoisotopic (exact) mass is 438 g/mol. The fourth-order valence-corrected chi connectivity index (χ4v) is 3.41. The van der Waals surface area contributed by atoms with Crippen LogP contribution in [0.1, 0.15) is 11.4 Å². The minimum absolute atomic E-state index is 0.177. The standard InChI is InChI=1S/C22H26N6O4/c1-27-19(8-11-30-2)24-20-17(28-9-12-31-13-10-28)14-18(23-21(20)27)25-26-22(29)32-15-16-6-4-3-5-7-16/h3-8,11,14H,9-10,12-13,15H2,1-2H3,(H,23,25)(H,26,29)/b11-8+. The zero-order valence-electron chi connectivity index (χ0n) is 18.1. The van der Waals surface area contributed by atoms with Gasteiger partial charge in [-0.05, 0) is 5.56 Å². The van der Waals surface area contributed by atoms with Crippen LogP contribution in [0.15, 0.2) is 42.7 Å². The summed E-state index contributed by atoms with van der Waals surface area (Å²) in [4.78, 5) is 23.7. The van der Waals surface area contributed by atoms with Crippen LogP contribution in [0, 0.1) is 0 Å². The Kier molecular flexibility index (Phi) is 6.71. The second-order valence-corrected chi connectivity index (χ2v) is 7.18. The van der Waals surface area contributed by atoms with E-state index in [1.165, 1.54) is 0 Å². The van der Waals surface area contributed by atoms with Gasteiger partial charge in [0.15, 0.2) is 5.65 Å². The third kappa shape index (κ3) is 4.92. The molecule has 1 amide bonds. The Balaban J connectivity index is 1.54. The van der Waals surface area contributed by atoms with Crippen molar-refractivity contribution in [3.63, 3.8) is 0 Å². The molecule has 1 aliphatic heterocycles. The Morgan fingerprint density at radius 2 is 2.00 bits per heavy atom. The zero-order chi connectivity index (χ0) is 22.3. The smallest absolute Gasteiger partial charge is 0.426 e. The summed E-state index contributed by atoms with van der Waals surface area (Å²) in [5, 5.41) is 0. The van der Waals surface area contributed by atoms with E-state index in [0.717, 1.165) is 29.9 Å². The van der Waals surface area contributed by atoms with E-state index in [-0.39, 0.29) is 6.61 Å². The van der Waals surface area contributed by atoms with Gasteiger partial charge in [0, 0.05) is 32.3 Å². The second-order valence-electron chi connectivity index (χ2n) is 7.18. The molecular weight excluding hydrogens is 412 g/mol. The van der Waals surface area contributed by atoms with Crippen LogP contribution >= 0.6 is 0 Å². The molecular formula is C22H26N6O4. The van der Waals surface area contributed by atoms with Crippen molar-refractivity contribution in [2.75, 3.05) is 43.7 Å². The number of morpholine rings is 1. The summed E-state index contributed by atoms with van der Waals surface area (Å²) in [6.45, 7) is 2.94. The van der Waals surface area contributed by atoms with Crippen LogP contribution in [-0.4, -0.2) is 54.0 Å². The molecule has 1 fully saturated rings. The summed E-state index contributed by atoms with van der Waals surface area (Å²) in [5.41, 5.74) is 8.65. The van der Waals surface area contributed by atoms with Crippen LogP contribution in [0.3, 0.4) is 0 Å². The number of aryl methyl sites for hydroxylation is 1. The number of aromatic nitrogens is 3. The number of nitrogens with zero attached hydrogens (tertiary/aromatic N) is 4. The van der Waals surface area contributed by atoms with Gasteiger partial charge < -0.3 is 23.7 Å². The number of imidazole rings is 1. The zero-order valence-corrected chi connectivity index (χ0v) is 18.1. The average molecular weight is 438 g/mol. The topological polar surface area (TPSA) is 103 Å². The number of nitrogens with one attached hydrogen (secondary N) is 2. The minimum atomic E-state index is -0.600. The average Bonchev–Trinajstić information content (AvgIpc) is 3.16. The molecule has 0 bridgehead atoms. The summed E-state index contributed by atoms with van der Waals surface area (Å²) >= 11 is 0. The van der Waals surface area contributed by atoms with Crippen molar-refractivity contribution in [1.82, 2.24) is 20.0 Å². The van der Waals surface area contributed by atoms with Crippen molar-refractivity contribution in [2.24, 2.45) is 7.05 Å². The maximum atomic E-state index is 12.1. The highest BCUT2D eigenvalue weighted by Crippen LogP contribution is 2.29. The Morgan fingerprint density at radius 1 is 1.22 bits per heavy atom. The number of rotatable bonds is 7. The van der Waals surface area contributed by atoms with Gasteiger partial charge in [0.25, 0.3) is 0 Å². The Bertz CT molecular complexity index is 1090. The van der Waals surface area contributed by atoms with E-state index in [1.54, 1.807) is 19.4 Å². The van der Waals surface area contributed by atoms with Crippen molar-refractivity contribution in [3.05, 3.63) is 54.0 Å². The molecule has 10 nitrogen and oxygen atoms in total. The minimum Gasteiger partial charge on any atom is -0.504 e. The van der Waals surface area contributed by atoms with Crippen molar-refractivity contribution in [3.8, 4) is 0 Å². The quantitative estimate of drug-likeness (QED) is 0.429. The normalized spacial score (nSPS) is 14.0. The molecule has 0 aliphatic carbocycles. The van der Waals surface area contributed by atoms with Crippen LogP contribution < -0.4 is 15.8 Å². The van der Waals surface area contributed by atoms with Crippen molar-refractivity contribution >= 4 is 34.8 Å². The first-order chi connectivity index (χ1) is 15.7. The number of fused-ring (bicyclic) bond motifs is 1. The fourth-order valence-electron chi connectivity index (χ4n) is 3.41. The number of pyridine rings is 1. The molecule has 0 saturated carbocycles. The molecule has 1 aliphatic rings. The molecule has 10 heteroatoms. The maximum absolute atomic E-state index is 12.1. The molecule has 0 atom stereocenters. The predicted molar refractivity (Wildman–Crippen MR) is 121 cm³/mol.